The van der Waals surface area contributed by atoms with Gasteiger partial charge in [-0.25, -0.2) is 13.1 Å². The van der Waals surface area contributed by atoms with Gasteiger partial charge in [-0.05, 0) is 36.6 Å². The molecule has 0 fully saturated rings. The van der Waals surface area contributed by atoms with Gasteiger partial charge in [-0.2, -0.15) is 0 Å². The minimum Gasteiger partial charge on any atom is -0.396 e. The molecule has 21 heavy (non-hydrogen) atoms. The largest absolute Gasteiger partial charge is 0.396 e. The Kier molecular flexibility index (Phi) is 6.80. The highest BCUT2D eigenvalue weighted by molar-refractivity contribution is 7.89. The fourth-order valence-electron chi connectivity index (χ4n) is 1.86. The molecule has 0 aliphatic rings. The molecule has 6 nitrogen and oxygen atoms in total. The van der Waals surface area contributed by atoms with Crippen molar-refractivity contribution in [2.45, 2.75) is 31.6 Å². The minimum atomic E-state index is -3.57. The van der Waals surface area contributed by atoms with Crippen molar-refractivity contribution in [3.8, 4) is 0 Å². The molecule has 0 spiro atoms. The van der Waals surface area contributed by atoms with E-state index in [-0.39, 0.29) is 23.3 Å². The van der Waals surface area contributed by atoms with E-state index in [4.69, 9.17) is 5.11 Å². The van der Waals surface area contributed by atoms with Crippen molar-refractivity contribution in [2.24, 2.45) is 5.92 Å². The first kappa shape index (κ1) is 17.6. The molecule has 0 saturated carbocycles. The van der Waals surface area contributed by atoms with Gasteiger partial charge < -0.3 is 10.4 Å². The van der Waals surface area contributed by atoms with Crippen LogP contribution < -0.4 is 10.0 Å². The fraction of sp³-hybridized carbons (Fsp3) is 0.500. The number of hydrogen-bond acceptors (Lipinski definition) is 4. The van der Waals surface area contributed by atoms with Crippen LogP contribution in [-0.4, -0.2) is 32.6 Å². The van der Waals surface area contributed by atoms with Crippen LogP contribution in [0.2, 0.25) is 0 Å². The van der Waals surface area contributed by atoms with Crippen molar-refractivity contribution >= 4 is 21.6 Å². The predicted molar refractivity (Wildman–Crippen MR) is 81.4 cm³/mol. The third-order valence-corrected chi connectivity index (χ3v) is 4.60. The number of aliphatic hydroxyl groups is 1. The van der Waals surface area contributed by atoms with Gasteiger partial charge in [0.2, 0.25) is 15.9 Å². The summed E-state index contributed by atoms with van der Waals surface area (Å²) in [5.41, 5.74) is 0.549. The number of sulfonamides is 1. The Morgan fingerprint density at radius 1 is 1.29 bits per heavy atom. The molecule has 0 heterocycles. The average Bonchev–Trinajstić information content (AvgIpc) is 2.43. The number of benzene rings is 1. The summed E-state index contributed by atoms with van der Waals surface area (Å²) < 4.78 is 26.8. The van der Waals surface area contributed by atoms with Crippen LogP contribution in [0.25, 0.3) is 0 Å². The molecular formula is C14H22N2O4S. The van der Waals surface area contributed by atoms with Crippen LogP contribution in [0.15, 0.2) is 29.2 Å². The van der Waals surface area contributed by atoms with Crippen molar-refractivity contribution in [1.29, 1.82) is 0 Å². The average molecular weight is 314 g/mol. The highest BCUT2D eigenvalue weighted by atomic mass is 32.2. The molecule has 118 valence electrons. The second-order valence-corrected chi connectivity index (χ2v) is 6.61. The Bertz CT molecular complexity index is 555. The highest BCUT2D eigenvalue weighted by Crippen LogP contribution is 2.15. The van der Waals surface area contributed by atoms with Crippen LogP contribution in [0.4, 0.5) is 5.69 Å². The van der Waals surface area contributed by atoms with Crippen molar-refractivity contribution < 1.29 is 18.3 Å². The highest BCUT2D eigenvalue weighted by Gasteiger charge is 2.16. The van der Waals surface area contributed by atoms with Crippen LogP contribution in [0.3, 0.4) is 0 Å². The summed E-state index contributed by atoms with van der Waals surface area (Å²) >= 11 is 0. The summed E-state index contributed by atoms with van der Waals surface area (Å²) in [6.07, 6.45) is 1.37. The molecule has 0 bridgehead atoms. The second-order valence-electron chi connectivity index (χ2n) is 4.84. The van der Waals surface area contributed by atoms with E-state index in [2.05, 4.69) is 10.0 Å². The van der Waals surface area contributed by atoms with Gasteiger partial charge in [-0.15, -0.1) is 0 Å². The van der Waals surface area contributed by atoms with Gasteiger partial charge in [-0.3, -0.25) is 4.79 Å². The van der Waals surface area contributed by atoms with E-state index in [0.717, 1.165) is 6.42 Å². The monoisotopic (exact) mass is 314 g/mol. The maximum atomic E-state index is 12.1. The summed E-state index contributed by atoms with van der Waals surface area (Å²) in [5.74, 6) is -0.0954. The lowest BCUT2D eigenvalue weighted by molar-refractivity contribution is -0.114. The smallest absolute Gasteiger partial charge is 0.240 e. The summed E-state index contributed by atoms with van der Waals surface area (Å²) in [6.45, 7) is 3.69. The Balaban J connectivity index is 2.71. The lowest BCUT2D eigenvalue weighted by Crippen LogP contribution is -2.29. The third kappa shape index (κ3) is 5.82. The molecule has 3 N–H and O–H groups in total. The van der Waals surface area contributed by atoms with Crippen molar-refractivity contribution in [3.05, 3.63) is 24.3 Å². The van der Waals surface area contributed by atoms with Crippen molar-refractivity contribution in [2.75, 3.05) is 18.5 Å². The fourth-order valence-corrected chi connectivity index (χ4v) is 2.98. The quantitative estimate of drug-likeness (QED) is 0.674. The number of aliphatic hydroxyl groups excluding tert-OH is 1. The van der Waals surface area contributed by atoms with E-state index in [0.29, 0.717) is 18.7 Å². The van der Waals surface area contributed by atoms with E-state index in [9.17, 15) is 13.2 Å². The summed E-state index contributed by atoms with van der Waals surface area (Å²) in [4.78, 5) is 11.1. The second kappa shape index (κ2) is 8.11. The van der Waals surface area contributed by atoms with Crippen LogP contribution in [0, 0.1) is 5.92 Å². The van der Waals surface area contributed by atoms with Gasteiger partial charge in [0.15, 0.2) is 0 Å². The zero-order chi connectivity index (χ0) is 15.9. The topological polar surface area (TPSA) is 95.5 Å². The molecule has 0 aliphatic heterocycles. The first-order chi connectivity index (χ1) is 9.89. The third-order valence-electron chi connectivity index (χ3n) is 3.16. The molecule has 1 aromatic rings. The Morgan fingerprint density at radius 3 is 2.38 bits per heavy atom. The van der Waals surface area contributed by atoms with Gasteiger partial charge in [0.25, 0.3) is 0 Å². The van der Waals surface area contributed by atoms with E-state index in [1.807, 2.05) is 6.92 Å². The Labute approximate surface area is 125 Å². The first-order valence-electron chi connectivity index (χ1n) is 6.87. The van der Waals surface area contributed by atoms with Crippen LogP contribution in [-0.2, 0) is 14.8 Å². The maximum Gasteiger partial charge on any atom is 0.240 e. The lowest BCUT2D eigenvalue weighted by Gasteiger charge is -2.14. The number of anilines is 1. The van der Waals surface area contributed by atoms with E-state index in [1.54, 1.807) is 12.1 Å². The van der Waals surface area contributed by atoms with Gasteiger partial charge in [0.1, 0.15) is 0 Å². The SMILES string of the molecule is CCC(CCO)CNS(=O)(=O)c1ccc(NC(C)=O)cc1. The summed E-state index contributed by atoms with van der Waals surface area (Å²) in [5, 5.41) is 11.5. The number of carbonyl (C=O) groups is 1. The Morgan fingerprint density at radius 2 is 1.90 bits per heavy atom. The number of nitrogens with one attached hydrogen (secondary N) is 2. The summed E-state index contributed by atoms with van der Waals surface area (Å²) in [7, 11) is -3.57. The summed E-state index contributed by atoms with van der Waals surface area (Å²) in [6, 6.07) is 5.98. The standard InChI is InChI=1S/C14H22N2O4S/c1-3-12(8-9-17)10-15-21(19,20)14-6-4-13(5-7-14)16-11(2)18/h4-7,12,15,17H,3,8-10H2,1-2H3,(H,16,18). The van der Waals surface area contributed by atoms with Gasteiger partial charge >= 0.3 is 0 Å². The van der Waals surface area contributed by atoms with E-state index < -0.39 is 10.0 Å². The van der Waals surface area contributed by atoms with Gasteiger partial charge in [0.05, 0.1) is 4.90 Å². The van der Waals surface area contributed by atoms with E-state index >= 15 is 0 Å². The van der Waals surface area contributed by atoms with Crippen LogP contribution in [0.1, 0.15) is 26.7 Å². The molecule has 1 amide bonds. The Hall–Kier alpha value is -1.44. The van der Waals surface area contributed by atoms with E-state index in [1.165, 1.54) is 19.1 Å². The van der Waals surface area contributed by atoms with Gasteiger partial charge in [0, 0.05) is 25.8 Å². The predicted octanol–water partition coefficient (Wildman–Crippen LogP) is 1.33. The lowest BCUT2D eigenvalue weighted by atomic mass is 10.0. The van der Waals surface area contributed by atoms with Crippen molar-refractivity contribution in [1.82, 2.24) is 4.72 Å². The maximum absolute atomic E-state index is 12.1. The van der Waals surface area contributed by atoms with Gasteiger partial charge in [-0.1, -0.05) is 13.3 Å². The normalized spacial score (nSPS) is 12.9. The molecule has 1 unspecified atom stereocenters. The number of hydrogen-bond donors (Lipinski definition) is 3. The first-order valence-corrected chi connectivity index (χ1v) is 8.35. The number of carbonyl (C=O) groups excluding carboxylic acids is 1. The minimum absolute atomic E-state index is 0.0473. The molecule has 0 saturated heterocycles. The molecule has 0 aromatic heterocycles. The molecule has 0 aliphatic carbocycles. The molecular weight excluding hydrogens is 292 g/mol. The molecule has 0 radical (unpaired) electrons. The van der Waals surface area contributed by atoms with Crippen LogP contribution in [0.5, 0.6) is 0 Å². The molecule has 1 atom stereocenters. The molecule has 1 rings (SSSR count). The number of rotatable bonds is 8. The molecule has 1 aromatic carbocycles. The zero-order valence-corrected chi connectivity index (χ0v) is 13.1. The van der Waals surface area contributed by atoms with Crippen LogP contribution >= 0.6 is 0 Å². The zero-order valence-electron chi connectivity index (χ0n) is 12.3. The van der Waals surface area contributed by atoms with Crippen molar-refractivity contribution in [3.63, 3.8) is 0 Å². The number of amides is 1. The molecule has 7 heteroatoms.